The Bertz CT molecular complexity index is 456. The fourth-order valence-electron chi connectivity index (χ4n) is 3.26. The van der Waals surface area contributed by atoms with Gasteiger partial charge < -0.3 is 10.4 Å². The number of hydrogen-bond donors (Lipinski definition) is 2. The van der Waals surface area contributed by atoms with Gasteiger partial charge in [0.05, 0.1) is 5.56 Å². The molecule has 3 heteroatoms. The second-order valence-corrected chi connectivity index (χ2v) is 5.07. The van der Waals surface area contributed by atoms with Crippen LogP contribution in [0.5, 0.6) is 0 Å². The second-order valence-electron chi connectivity index (χ2n) is 5.07. The summed E-state index contributed by atoms with van der Waals surface area (Å²) in [6, 6.07) is 6.25. The van der Waals surface area contributed by atoms with E-state index in [1.165, 1.54) is 24.0 Å². The van der Waals surface area contributed by atoms with Crippen LogP contribution in [0.1, 0.15) is 46.7 Å². The van der Waals surface area contributed by atoms with Crippen LogP contribution in [-0.2, 0) is 6.42 Å². The SMILES string of the molecule is O=C(O)c1ccc2c(c1)CCC1NCCCC21. The van der Waals surface area contributed by atoms with E-state index in [1.807, 2.05) is 12.1 Å². The molecule has 1 saturated heterocycles. The molecule has 3 nitrogen and oxygen atoms in total. The number of aromatic carboxylic acids is 1. The van der Waals surface area contributed by atoms with Crippen LogP contribution in [0.4, 0.5) is 0 Å². The van der Waals surface area contributed by atoms with E-state index in [4.69, 9.17) is 5.11 Å². The van der Waals surface area contributed by atoms with Gasteiger partial charge in [-0.05, 0) is 61.4 Å². The average molecular weight is 231 g/mol. The van der Waals surface area contributed by atoms with Crippen molar-refractivity contribution in [3.8, 4) is 0 Å². The highest BCUT2D eigenvalue weighted by Gasteiger charge is 2.31. The standard InChI is InChI=1S/C14H17NO2/c16-14(17)10-3-5-11-9(8-10)4-6-13-12(11)2-1-7-15-13/h3,5,8,12-13,15H,1-2,4,6-7H2,(H,16,17). The Morgan fingerprint density at radius 1 is 1.35 bits per heavy atom. The molecule has 0 aromatic heterocycles. The van der Waals surface area contributed by atoms with Gasteiger partial charge in [-0.15, -0.1) is 0 Å². The number of carbonyl (C=O) groups is 1. The lowest BCUT2D eigenvalue weighted by Gasteiger charge is -2.38. The summed E-state index contributed by atoms with van der Waals surface area (Å²) >= 11 is 0. The van der Waals surface area contributed by atoms with E-state index in [1.54, 1.807) is 6.07 Å². The number of aryl methyl sites for hydroxylation is 1. The summed E-state index contributed by atoms with van der Waals surface area (Å²) < 4.78 is 0. The monoisotopic (exact) mass is 231 g/mol. The van der Waals surface area contributed by atoms with Gasteiger partial charge in [-0.2, -0.15) is 0 Å². The fraction of sp³-hybridized carbons (Fsp3) is 0.500. The van der Waals surface area contributed by atoms with E-state index in [0.717, 1.165) is 19.4 Å². The van der Waals surface area contributed by atoms with Crippen LogP contribution in [0.3, 0.4) is 0 Å². The van der Waals surface area contributed by atoms with Gasteiger partial charge in [-0.3, -0.25) is 0 Å². The Balaban J connectivity index is 1.97. The summed E-state index contributed by atoms with van der Waals surface area (Å²) in [4.78, 5) is 11.0. The normalized spacial score (nSPS) is 27.1. The topological polar surface area (TPSA) is 49.3 Å². The molecule has 2 atom stereocenters. The number of hydrogen-bond acceptors (Lipinski definition) is 2. The van der Waals surface area contributed by atoms with Crippen LogP contribution in [0.25, 0.3) is 0 Å². The van der Waals surface area contributed by atoms with Gasteiger partial charge >= 0.3 is 5.97 Å². The highest BCUT2D eigenvalue weighted by molar-refractivity contribution is 5.88. The molecule has 90 valence electrons. The summed E-state index contributed by atoms with van der Waals surface area (Å²) in [7, 11) is 0. The quantitative estimate of drug-likeness (QED) is 0.778. The van der Waals surface area contributed by atoms with Gasteiger partial charge in [0, 0.05) is 6.04 Å². The first-order chi connectivity index (χ1) is 8.25. The van der Waals surface area contributed by atoms with Crippen molar-refractivity contribution in [2.75, 3.05) is 6.54 Å². The molecule has 0 bridgehead atoms. The summed E-state index contributed by atoms with van der Waals surface area (Å²) in [5.41, 5.74) is 3.04. The molecule has 1 fully saturated rings. The van der Waals surface area contributed by atoms with Crippen LogP contribution < -0.4 is 5.32 Å². The summed E-state index contributed by atoms with van der Waals surface area (Å²) in [5.74, 6) is -0.230. The van der Waals surface area contributed by atoms with Crippen LogP contribution in [-0.4, -0.2) is 23.7 Å². The Morgan fingerprint density at radius 2 is 2.24 bits per heavy atom. The van der Waals surface area contributed by atoms with Crippen molar-refractivity contribution in [1.82, 2.24) is 5.32 Å². The molecule has 0 amide bonds. The first-order valence-corrected chi connectivity index (χ1v) is 6.35. The molecule has 2 unspecified atom stereocenters. The number of carboxylic acids is 1. The van der Waals surface area contributed by atoms with E-state index in [0.29, 0.717) is 17.5 Å². The maximum Gasteiger partial charge on any atom is 0.335 e. The number of nitrogens with one attached hydrogen (secondary N) is 1. The molecule has 1 aliphatic carbocycles. The summed E-state index contributed by atoms with van der Waals surface area (Å²) in [6.45, 7) is 1.13. The minimum Gasteiger partial charge on any atom is -0.478 e. The van der Waals surface area contributed by atoms with E-state index < -0.39 is 5.97 Å². The van der Waals surface area contributed by atoms with Gasteiger partial charge in [-0.25, -0.2) is 4.79 Å². The van der Waals surface area contributed by atoms with Gasteiger partial charge in [0.15, 0.2) is 0 Å². The third-order valence-electron chi connectivity index (χ3n) is 4.10. The van der Waals surface area contributed by atoms with Crippen molar-refractivity contribution >= 4 is 5.97 Å². The minimum absolute atomic E-state index is 0.422. The van der Waals surface area contributed by atoms with Crippen molar-refractivity contribution < 1.29 is 9.90 Å². The summed E-state index contributed by atoms with van der Waals surface area (Å²) in [5, 5.41) is 12.6. The Labute approximate surface area is 101 Å². The Morgan fingerprint density at radius 3 is 3.06 bits per heavy atom. The molecule has 2 N–H and O–H groups in total. The lowest BCUT2D eigenvalue weighted by atomic mass is 9.75. The Kier molecular flexibility index (Phi) is 2.63. The van der Waals surface area contributed by atoms with E-state index in [2.05, 4.69) is 5.32 Å². The number of rotatable bonds is 1. The largest absolute Gasteiger partial charge is 0.478 e. The fourth-order valence-corrected chi connectivity index (χ4v) is 3.26. The van der Waals surface area contributed by atoms with Crippen molar-refractivity contribution in [2.24, 2.45) is 0 Å². The van der Waals surface area contributed by atoms with Gasteiger partial charge in [-0.1, -0.05) is 6.07 Å². The zero-order valence-corrected chi connectivity index (χ0v) is 9.78. The van der Waals surface area contributed by atoms with Crippen molar-refractivity contribution in [3.63, 3.8) is 0 Å². The molecule has 1 aromatic rings. The van der Waals surface area contributed by atoms with E-state index >= 15 is 0 Å². The predicted molar refractivity (Wildman–Crippen MR) is 65.5 cm³/mol. The minimum atomic E-state index is -0.823. The van der Waals surface area contributed by atoms with Crippen LogP contribution in [0.2, 0.25) is 0 Å². The Hall–Kier alpha value is -1.35. The highest BCUT2D eigenvalue weighted by atomic mass is 16.4. The second kappa shape index (κ2) is 4.15. The third-order valence-corrected chi connectivity index (χ3v) is 4.10. The van der Waals surface area contributed by atoms with Crippen molar-refractivity contribution in [2.45, 2.75) is 37.6 Å². The van der Waals surface area contributed by atoms with Crippen LogP contribution in [0, 0.1) is 0 Å². The number of piperidine rings is 1. The molecule has 1 aliphatic heterocycles. The van der Waals surface area contributed by atoms with Crippen molar-refractivity contribution in [1.29, 1.82) is 0 Å². The highest BCUT2D eigenvalue weighted by Crippen LogP contribution is 2.37. The molecule has 0 saturated carbocycles. The maximum absolute atomic E-state index is 11.0. The van der Waals surface area contributed by atoms with E-state index in [-0.39, 0.29) is 0 Å². The van der Waals surface area contributed by atoms with Gasteiger partial charge in [0.1, 0.15) is 0 Å². The zero-order valence-electron chi connectivity index (χ0n) is 9.78. The lowest BCUT2D eigenvalue weighted by molar-refractivity contribution is 0.0696. The molecular weight excluding hydrogens is 214 g/mol. The number of benzene rings is 1. The molecule has 1 aromatic carbocycles. The number of carboxylic acid groups (broad SMARTS) is 1. The average Bonchev–Trinajstić information content (AvgIpc) is 2.38. The van der Waals surface area contributed by atoms with Gasteiger partial charge in [0.2, 0.25) is 0 Å². The molecule has 1 heterocycles. The molecule has 0 radical (unpaired) electrons. The molecular formula is C14H17NO2. The van der Waals surface area contributed by atoms with Crippen LogP contribution in [0.15, 0.2) is 18.2 Å². The van der Waals surface area contributed by atoms with E-state index in [9.17, 15) is 4.79 Å². The predicted octanol–water partition coefficient (Wildman–Crippen LogP) is 2.17. The summed E-state index contributed by atoms with van der Waals surface area (Å²) in [6.07, 6.45) is 4.60. The molecule has 0 spiro atoms. The maximum atomic E-state index is 11.0. The smallest absolute Gasteiger partial charge is 0.335 e. The van der Waals surface area contributed by atoms with Gasteiger partial charge in [0.25, 0.3) is 0 Å². The van der Waals surface area contributed by atoms with Crippen molar-refractivity contribution in [3.05, 3.63) is 34.9 Å². The zero-order chi connectivity index (χ0) is 11.8. The molecule has 17 heavy (non-hydrogen) atoms. The molecule has 2 aliphatic rings. The third kappa shape index (κ3) is 1.84. The lowest BCUT2D eigenvalue weighted by Crippen LogP contribution is -2.42. The number of fused-ring (bicyclic) bond motifs is 3. The van der Waals surface area contributed by atoms with Crippen LogP contribution >= 0.6 is 0 Å². The molecule has 3 rings (SSSR count). The first-order valence-electron chi connectivity index (χ1n) is 6.35. The first kappa shape index (κ1) is 10.8.